The van der Waals surface area contributed by atoms with Gasteiger partial charge in [0, 0.05) is 19.6 Å². The highest BCUT2D eigenvalue weighted by Crippen LogP contribution is 2.27. The molecule has 152 valence electrons. The minimum atomic E-state index is -3.61. The predicted octanol–water partition coefficient (Wildman–Crippen LogP) is 3.50. The third kappa shape index (κ3) is 4.92. The van der Waals surface area contributed by atoms with Gasteiger partial charge < -0.3 is 10.1 Å². The Balaban J connectivity index is 1.62. The Bertz CT molecular complexity index is 899. The third-order valence-corrected chi connectivity index (χ3v) is 7.46. The van der Waals surface area contributed by atoms with Crippen molar-refractivity contribution >= 4 is 27.3 Å². The van der Waals surface area contributed by atoms with Crippen LogP contribution in [0.15, 0.2) is 40.6 Å². The van der Waals surface area contributed by atoms with Gasteiger partial charge in [0.2, 0.25) is 10.0 Å². The second kappa shape index (κ2) is 9.07. The van der Waals surface area contributed by atoms with Crippen LogP contribution in [-0.2, 0) is 16.6 Å². The molecule has 0 aliphatic carbocycles. The lowest BCUT2D eigenvalue weighted by Crippen LogP contribution is -2.30. The monoisotopic (exact) mass is 422 g/mol. The highest BCUT2D eigenvalue weighted by Gasteiger charge is 2.31. The van der Waals surface area contributed by atoms with E-state index in [0.717, 1.165) is 35.5 Å². The topological polar surface area (TPSA) is 75.7 Å². The van der Waals surface area contributed by atoms with Crippen molar-refractivity contribution in [2.75, 3.05) is 19.7 Å². The van der Waals surface area contributed by atoms with E-state index in [1.807, 2.05) is 24.3 Å². The molecule has 0 atom stereocenters. The maximum Gasteiger partial charge on any atom is 0.263 e. The van der Waals surface area contributed by atoms with E-state index >= 15 is 0 Å². The number of hydrogen-bond donors (Lipinski definition) is 1. The molecule has 0 bridgehead atoms. The zero-order valence-electron chi connectivity index (χ0n) is 16.2. The molecular formula is C20H26N2O4S2. The van der Waals surface area contributed by atoms with E-state index < -0.39 is 10.0 Å². The SMILES string of the molecule is CC(C)COc1ccc(CNC(=O)c2sccc2S(=O)(=O)N2CCCC2)cc1. The number of carbonyl (C=O) groups is 1. The summed E-state index contributed by atoms with van der Waals surface area (Å²) in [4.78, 5) is 12.9. The molecule has 1 amide bonds. The first kappa shape index (κ1) is 20.8. The Morgan fingerprint density at radius 3 is 2.50 bits per heavy atom. The summed E-state index contributed by atoms with van der Waals surface area (Å²) in [6.45, 7) is 6.20. The highest BCUT2D eigenvalue weighted by atomic mass is 32.2. The highest BCUT2D eigenvalue weighted by molar-refractivity contribution is 7.89. The van der Waals surface area contributed by atoms with Crippen LogP contribution in [0.1, 0.15) is 41.9 Å². The lowest BCUT2D eigenvalue weighted by Gasteiger charge is -2.15. The lowest BCUT2D eigenvalue weighted by molar-refractivity contribution is 0.0952. The zero-order valence-corrected chi connectivity index (χ0v) is 17.8. The molecule has 6 nitrogen and oxygen atoms in total. The first-order chi connectivity index (χ1) is 13.4. The molecule has 0 radical (unpaired) electrons. The third-order valence-electron chi connectivity index (χ3n) is 4.48. The van der Waals surface area contributed by atoms with Crippen LogP contribution in [0.5, 0.6) is 5.75 Å². The van der Waals surface area contributed by atoms with Crippen LogP contribution < -0.4 is 10.1 Å². The summed E-state index contributed by atoms with van der Waals surface area (Å²) in [7, 11) is -3.61. The maximum atomic E-state index is 12.8. The van der Waals surface area contributed by atoms with Gasteiger partial charge in [-0.15, -0.1) is 11.3 Å². The lowest BCUT2D eigenvalue weighted by atomic mass is 10.2. The molecule has 1 aliphatic heterocycles. The molecule has 3 rings (SSSR count). The van der Waals surface area contributed by atoms with Crippen molar-refractivity contribution in [2.24, 2.45) is 5.92 Å². The average Bonchev–Trinajstić information content (AvgIpc) is 3.37. The number of sulfonamides is 1. The van der Waals surface area contributed by atoms with Crippen LogP contribution in [-0.4, -0.2) is 38.3 Å². The Labute approximate surface area is 170 Å². The number of thiophene rings is 1. The van der Waals surface area contributed by atoms with Crippen LogP contribution in [0.2, 0.25) is 0 Å². The van der Waals surface area contributed by atoms with E-state index in [2.05, 4.69) is 19.2 Å². The normalized spacial score (nSPS) is 15.1. The smallest absolute Gasteiger partial charge is 0.263 e. The fraction of sp³-hybridized carbons (Fsp3) is 0.450. The number of nitrogens with zero attached hydrogens (tertiary/aromatic N) is 1. The number of hydrogen-bond acceptors (Lipinski definition) is 5. The quantitative estimate of drug-likeness (QED) is 0.706. The molecule has 1 aliphatic rings. The number of carbonyl (C=O) groups excluding carboxylic acids is 1. The van der Waals surface area contributed by atoms with Gasteiger partial charge in [-0.3, -0.25) is 4.79 Å². The van der Waals surface area contributed by atoms with Crippen LogP contribution in [0.25, 0.3) is 0 Å². The van der Waals surface area contributed by atoms with Crippen LogP contribution in [0, 0.1) is 5.92 Å². The zero-order chi connectivity index (χ0) is 20.1. The fourth-order valence-electron chi connectivity index (χ4n) is 2.96. The molecule has 1 fully saturated rings. The van der Waals surface area contributed by atoms with Crippen molar-refractivity contribution in [1.82, 2.24) is 9.62 Å². The van der Waals surface area contributed by atoms with Gasteiger partial charge in [-0.05, 0) is 47.9 Å². The number of ether oxygens (including phenoxy) is 1. The molecule has 8 heteroatoms. The van der Waals surface area contributed by atoms with Crippen LogP contribution >= 0.6 is 11.3 Å². The van der Waals surface area contributed by atoms with Crippen molar-refractivity contribution in [2.45, 2.75) is 38.1 Å². The Kier molecular flexibility index (Phi) is 6.74. The molecule has 0 unspecified atom stereocenters. The van der Waals surface area contributed by atoms with E-state index in [9.17, 15) is 13.2 Å². The fourth-order valence-corrected chi connectivity index (χ4v) is 5.80. The van der Waals surface area contributed by atoms with E-state index in [4.69, 9.17) is 4.74 Å². The van der Waals surface area contributed by atoms with Gasteiger partial charge in [0.15, 0.2) is 0 Å². The van der Waals surface area contributed by atoms with Gasteiger partial charge in [-0.1, -0.05) is 26.0 Å². The van der Waals surface area contributed by atoms with E-state index in [1.165, 1.54) is 10.4 Å². The first-order valence-corrected chi connectivity index (χ1v) is 11.8. The van der Waals surface area contributed by atoms with E-state index in [-0.39, 0.29) is 15.7 Å². The van der Waals surface area contributed by atoms with Gasteiger partial charge >= 0.3 is 0 Å². The minimum absolute atomic E-state index is 0.106. The van der Waals surface area contributed by atoms with Gasteiger partial charge in [-0.2, -0.15) is 4.31 Å². The Morgan fingerprint density at radius 1 is 1.18 bits per heavy atom. The van der Waals surface area contributed by atoms with Gasteiger partial charge in [0.1, 0.15) is 15.5 Å². The molecule has 1 N–H and O–H groups in total. The summed E-state index contributed by atoms with van der Waals surface area (Å²) < 4.78 is 32.7. The molecule has 2 heterocycles. The minimum Gasteiger partial charge on any atom is -0.493 e. The van der Waals surface area contributed by atoms with Crippen molar-refractivity contribution in [3.05, 3.63) is 46.2 Å². The first-order valence-electron chi connectivity index (χ1n) is 9.45. The summed E-state index contributed by atoms with van der Waals surface area (Å²) in [6.07, 6.45) is 1.73. The predicted molar refractivity (Wildman–Crippen MR) is 110 cm³/mol. The summed E-state index contributed by atoms with van der Waals surface area (Å²) in [5, 5.41) is 4.47. The molecular weight excluding hydrogens is 396 g/mol. The molecule has 1 aromatic carbocycles. The van der Waals surface area contributed by atoms with Crippen LogP contribution in [0.3, 0.4) is 0 Å². The Hall–Kier alpha value is -1.90. The number of nitrogens with one attached hydrogen (secondary N) is 1. The van der Waals surface area contributed by atoms with E-state index in [1.54, 1.807) is 5.38 Å². The second-order valence-electron chi connectivity index (χ2n) is 7.26. The standard InChI is InChI=1S/C20H26N2O4S2/c1-15(2)14-26-17-7-5-16(6-8-17)13-21-20(23)19-18(9-12-27-19)28(24,25)22-10-3-4-11-22/h5-9,12,15H,3-4,10-11,13-14H2,1-2H3,(H,21,23). The molecule has 0 spiro atoms. The summed E-state index contributed by atoms with van der Waals surface area (Å²) in [5.74, 6) is 0.879. The van der Waals surface area contributed by atoms with Crippen molar-refractivity contribution in [1.29, 1.82) is 0 Å². The Morgan fingerprint density at radius 2 is 1.86 bits per heavy atom. The molecule has 1 aromatic heterocycles. The number of benzene rings is 1. The van der Waals surface area contributed by atoms with Gasteiger partial charge in [0.25, 0.3) is 5.91 Å². The molecule has 1 saturated heterocycles. The number of amides is 1. The largest absolute Gasteiger partial charge is 0.493 e. The molecule has 0 saturated carbocycles. The summed E-state index contributed by atoms with van der Waals surface area (Å²) in [5.41, 5.74) is 0.922. The molecule has 2 aromatic rings. The van der Waals surface area contributed by atoms with Gasteiger partial charge in [0.05, 0.1) is 6.61 Å². The van der Waals surface area contributed by atoms with Crippen molar-refractivity contribution in [3.8, 4) is 5.75 Å². The average molecular weight is 423 g/mol. The summed E-state index contributed by atoms with van der Waals surface area (Å²) in [6, 6.07) is 9.06. The van der Waals surface area contributed by atoms with Gasteiger partial charge in [-0.25, -0.2) is 8.42 Å². The maximum absolute atomic E-state index is 12.8. The summed E-state index contributed by atoms with van der Waals surface area (Å²) >= 11 is 1.15. The second-order valence-corrected chi connectivity index (χ2v) is 10.1. The van der Waals surface area contributed by atoms with Crippen LogP contribution in [0.4, 0.5) is 0 Å². The van der Waals surface area contributed by atoms with Crippen molar-refractivity contribution < 1.29 is 17.9 Å². The number of rotatable bonds is 8. The van der Waals surface area contributed by atoms with E-state index in [0.29, 0.717) is 32.2 Å². The molecule has 28 heavy (non-hydrogen) atoms. The van der Waals surface area contributed by atoms with Crippen molar-refractivity contribution in [3.63, 3.8) is 0 Å².